The summed E-state index contributed by atoms with van der Waals surface area (Å²) in [4.78, 5) is 76.2. The van der Waals surface area contributed by atoms with Crippen molar-refractivity contribution < 1.29 is 67.0 Å². The smallest absolute Gasteiger partial charge is 0.303 e. The van der Waals surface area contributed by atoms with Crippen LogP contribution in [0.25, 0.3) is 0 Å². The Kier molecular flexibility index (Phi) is 9.16. The molecular formula is C32H44O14. The van der Waals surface area contributed by atoms with Crippen LogP contribution >= 0.6 is 0 Å². The van der Waals surface area contributed by atoms with E-state index in [0.717, 1.165) is 13.8 Å². The summed E-state index contributed by atoms with van der Waals surface area (Å²) in [5.74, 6) is -5.43. The summed E-state index contributed by atoms with van der Waals surface area (Å²) in [6, 6.07) is 0. The molecule has 3 fully saturated rings. The summed E-state index contributed by atoms with van der Waals surface area (Å²) >= 11 is 0. The van der Waals surface area contributed by atoms with E-state index in [1.165, 1.54) is 41.5 Å². The van der Waals surface area contributed by atoms with Crippen LogP contribution in [0.5, 0.6) is 0 Å². The first kappa shape index (κ1) is 35.3. The van der Waals surface area contributed by atoms with Crippen molar-refractivity contribution in [1.29, 1.82) is 0 Å². The van der Waals surface area contributed by atoms with E-state index >= 15 is 0 Å². The molecule has 2 saturated carbocycles. The lowest BCUT2D eigenvalue weighted by Crippen LogP contribution is -2.69. The summed E-state index contributed by atoms with van der Waals surface area (Å²) in [5.41, 5.74) is -5.87. The molecule has 46 heavy (non-hydrogen) atoms. The summed E-state index contributed by atoms with van der Waals surface area (Å²) in [5, 5.41) is 12.3. The highest BCUT2D eigenvalue weighted by molar-refractivity contribution is 5.71. The Hall–Kier alpha value is -3.52. The first-order valence-electron chi connectivity index (χ1n) is 15.2. The van der Waals surface area contributed by atoms with E-state index in [-0.39, 0.29) is 25.0 Å². The molecule has 4 rings (SSSR count). The third-order valence-corrected chi connectivity index (χ3v) is 10.1. The van der Waals surface area contributed by atoms with Crippen LogP contribution in [0, 0.1) is 16.7 Å². The van der Waals surface area contributed by atoms with Gasteiger partial charge in [-0.25, -0.2) is 0 Å². The van der Waals surface area contributed by atoms with Gasteiger partial charge in [-0.2, -0.15) is 0 Å². The predicted octanol–water partition coefficient (Wildman–Crippen LogP) is 1.86. The third kappa shape index (κ3) is 5.67. The lowest BCUT2D eigenvalue weighted by Gasteiger charge is -2.57. The minimum absolute atomic E-state index is 0.00583. The van der Waals surface area contributed by atoms with Crippen LogP contribution in [0.4, 0.5) is 0 Å². The summed E-state index contributed by atoms with van der Waals surface area (Å²) < 4.78 is 41.8. The van der Waals surface area contributed by atoms with Crippen molar-refractivity contribution in [2.45, 2.75) is 130 Å². The van der Waals surface area contributed by atoms with E-state index in [1.54, 1.807) is 13.8 Å². The fourth-order valence-electron chi connectivity index (χ4n) is 8.55. The summed E-state index contributed by atoms with van der Waals surface area (Å²) in [7, 11) is 0. The van der Waals surface area contributed by atoms with Crippen LogP contribution in [0.2, 0.25) is 0 Å². The SMILES string of the molecule is CC(=O)O[C@H]1C[C@]2(C(C)(C)O)C(=C1C)[C@@H](OC(C)=O)[C@H](OC(C)=O)[C@]1(C)[C@@H](OC(C)=O)C[C@H](OC(C)=O)[C@]3(CO3)[C@H]1[C@@H]2OC(C)=O. The van der Waals surface area contributed by atoms with Gasteiger partial charge in [0.2, 0.25) is 0 Å². The zero-order valence-corrected chi connectivity index (χ0v) is 27.9. The second-order valence-electron chi connectivity index (χ2n) is 13.5. The van der Waals surface area contributed by atoms with E-state index < -0.39 is 100 Å². The molecule has 1 heterocycles. The number of hydrogen-bond donors (Lipinski definition) is 1. The molecule has 1 N–H and O–H groups in total. The maximum absolute atomic E-state index is 13.1. The number of epoxide rings is 1. The zero-order chi connectivity index (χ0) is 34.7. The highest BCUT2D eigenvalue weighted by atomic mass is 16.6. The molecule has 10 atom stereocenters. The van der Waals surface area contributed by atoms with E-state index in [0.29, 0.717) is 5.57 Å². The Morgan fingerprint density at radius 3 is 1.63 bits per heavy atom. The molecule has 1 saturated heterocycles. The standard InChI is InChI=1S/C32H44O14/c1-14-21(41-15(2)33)12-31(29(8,9)39)24(14)25(44-18(5)36)27(45-19(6)37)30(10)22(42-16(3)34)11-23(43-17(4)35)32(13-40-32)26(30)28(31)46-20(7)38/h21-23,25-28,39H,11-13H2,1-10H3/t21-,22-,23-,25+,26-,27-,28-,30+,31-,32+/m0/s1. The van der Waals surface area contributed by atoms with E-state index in [9.17, 15) is 33.9 Å². The fraction of sp³-hybridized carbons (Fsp3) is 0.750. The maximum Gasteiger partial charge on any atom is 0.303 e. The second kappa shape index (κ2) is 11.9. The van der Waals surface area contributed by atoms with Gasteiger partial charge in [0.25, 0.3) is 0 Å². The minimum atomic E-state index is -1.82. The van der Waals surface area contributed by atoms with E-state index in [1.807, 2.05) is 0 Å². The zero-order valence-electron chi connectivity index (χ0n) is 27.9. The van der Waals surface area contributed by atoms with Gasteiger partial charge < -0.3 is 38.3 Å². The first-order chi connectivity index (χ1) is 21.1. The van der Waals surface area contributed by atoms with E-state index in [4.69, 9.17) is 33.2 Å². The Labute approximate surface area is 267 Å². The van der Waals surface area contributed by atoms with Crippen LogP contribution in [-0.2, 0) is 61.9 Å². The number of hydrogen-bond acceptors (Lipinski definition) is 14. The van der Waals surface area contributed by atoms with Gasteiger partial charge >= 0.3 is 35.8 Å². The number of aliphatic hydroxyl groups is 1. The molecule has 1 spiro atoms. The normalized spacial score (nSPS) is 38.0. The van der Waals surface area contributed by atoms with Crippen LogP contribution in [0.1, 0.15) is 82.1 Å². The molecule has 0 aromatic rings. The van der Waals surface area contributed by atoms with Crippen molar-refractivity contribution in [2.24, 2.45) is 16.7 Å². The van der Waals surface area contributed by atoms with Crippen molar-refractivity contribution in [3.05, 3.63) is 11.1 Å². The number of rotatable bonds is 7. The van der Waals surface area contributed by atoms with Gasteiger partial charge in [0.15, 0.2) is 12.2 Å². The summed E-state index contributed by atoms with van der Waals surface area (Å²) in [6.45, 7) is 13.4. The molecule has 0 unspecified atom stereocenters. The Morgan fingerprint density at radius 1 is 0.739 bits per heavy atom. The fourth-order valence-corrected chi connectivity index (χ4v) is 8.55. The van der Waals surface area contributed by atoms with Gasteiger partial charge in [-0.15, -0.1) is 0 Å². The van der Waals surface area contributed by atoms with Gasteiger partial charge in [0, 0.05) is 60.3 Å². The van der Waals surface area contributed by atoms with Gasteiger partial charge in [-0.05, 0) is 31.9 Å². The molecule has 3 aliphatic carbocycles. The predicted molar refractivity (Wildman–Crippen MR) is 154 cm³/mol. The van der Waals surface area contributed by atoms with Crippen LogP contribution < -0.4 is 0 Å². The van der Waals surface area contributed by atoms with Crippen molar-refractivity contribution in [2.75, 3.05) is 6.61 Å². The Bertz CT molecular complexity index is 1350. The lowest BCUT2D eigenvalue weighted by atomic mass is 9.52. The topological polar surface area (TPSA) is 191 Å². The second-order valence-corrected chi connectivity index (χ2v) is 13.5. The molecule has 0 aromatic carbocycles. The van der Waals surface area contributed by atoms with Gasteiger partial charge in [0.1, 0.15) is 30.0 Å². The molecule has 256 valence electrons. The minimum Gasteiger partial charge on any atom is -0.462 e. The average molecular weight is 653 g/mol. The molecule has 4 aliphatic rings. The molecule has 14 nitrogen and oxygen atoms in total. The quantitative estimate of drug-likeness (QED) is 0.181. The number of ether oxygens (including phenoxy) is 7. The van der Waals surface area contributed by atoms with Gasteiger partial charge in [0.05, 0.1) is 23.0 Å². The third-order valence-electron chi connectivity index (χ3n) is 10.1. The van der Waals surface area contributed by atoms with Crippen LogP contribution in [0.15, 0.2) is 11.1 Å². The first-order valence-corrected chi connectivity index (χ1v) is 15.2. The molecule has 0 aromatic heterocycles. The maximum atomic E-state index is 13.1. The highest BCUT2D eigenvalue weighted by Crippen LogP contribution is 2.69. The number of fused-ring (bicyclic) bond motifs is 3. The molecule has 0 bridgehead atoms. The Balaban J connectivity index is 2.22. The van der Waals surface area contributed by atoms with Crippen LogP contribution in [0.3, 0.4) is 0 Å². The molecule has 1 aliphatic heterocycles. The number of carbonyl (C=O) groups is 6. The van der Waals surface area contributed by atoms with E-state index in [2.05, 4.69) is 0 Å². The summed E-state index contributed by atoms with van der Waals surface area (Å²) in [6.07, 6.45) is -7.73. The highest BCUT2D eigenvalue weighted by Gasteiger charge is 2.81. The van der Waals surface area contributed by atoms with Crippen molar-refractivity contribution >= 4 is 35.8 Å². The largest absolute Gasteiger partial charge is 0.462 e. The Morgan fingerprint density at radius 2 is 1.20 bits per heavy atom. The van der Waals surface area contributed by atoms with Crippen molar-refractivity contribution in [3.63, 3.8) is 0 Å². The monoisotopic (exact) mass is 652 g/mol. The number of esters is 6. The van der Waals surface area contributed by atoms with Crippen molar-refractivity contribution in [1.82, 2.24) is 0 Å². The number of carbonyl (C=O) groups excluding carboxylic acids is 6. The van der Waals surface area contributed by atoms with Gasteiger partial charge in [-0.3, -0.25) is 28.8 Å². The average Bonchev–Trinajstić information content (AvgIpc) is 3.61. The molecule has 14 heteroatoms. The molecular weight excluding hydrogens is 608 g/mol. The molecule has 0 amide bonds. The molecule has 0 radical (unpaired) electrons. The lowest BCUT2D eigenvalue weighted by molar-refractivity contribution is -0.248. The van der Waals surface area contributed by atoms with Gasteiger partial charge in [-0.1, -0.05) is 6.92 Å². The van der Waals surface area contributed by atoms with Crippen molar-refractivity contribution in [3.8, 4) is 0 Å². The van der Waals surface area contributed by atoms with Crippen LogP contribution in [-0.4, -0.2) is 95.4 Å².